The molecule has 0 N–H and O–H groups in total. The molecule has 0 radical (unpaired) electrons. The quantitative estimate of drug-likeness (QED) is 0.461. The summed E-state index contributed by atoms with van der Waals surface area (Å²) in [6.07, 6.45) is 0. The highest BCUT2D eigenvalue weighted by Crippen LogP contribution is 2.28. The predicted molar refractivity (Wildman–Crippen MR) is 75.1 cm³/mol. The summed E-state index contributed by atoms with van der Waals surface area (Å²) in [5, 5.41) is 11.1. The Bertz CT molecular complexity index is 555. The number of benzene rings is 1. The number of ketones is 1. The molecule has 1 aromatic rings. The number of nitro benzene ring substituents is 1. The Balaban J connectivity index is 3.14. The molecular weight excluding hydrogens is 262 g/mol. The summed E-state index contributed by atoms with van der Waals surface area (Å²) >= 11 is 0. The van der Waals surface area contributed by atoms with E-state index in [1.807, 2.05) is 0 Å². The van der Waals surface area contributed by atoms with Crippen molar-refractivity contribution < 1.29 is 14.5 Å². The van der Waals surface area contributed by atoms with Gasteiger partial charge in [0.15, 0.2) is 5.78 Å². The molecule has 0 aliphatic carbocycles. The lowest BCUT2D eigenvalue weighted by Crippen LogP contribution is -2.34. The van der Waals surface area contributed by atoms with E-state index >= 15 is 0 Å². The molecule has 0 fully saturated rings. The Morgan fingerprint density at radius 3 is 2.30 bits per heavy atom. The van der Waals surface area contributed by atoms with Crippen LogP contribution in [0.4, 0.5) is 11.4 Å². The van der Waals surface area contributed by atoms with Gasteiger partial charge in [-0.2, -0.15) is 0 Å². The highest BCUT2D eigenvalue weighted by atomic mass is 16.6. The average Bonchev–Trinajstić information content (AvgIpc) is 2.37. The smallest absolute Gasteiger partial charge is 0.293 e. The fraction of sp³-hybridized carbons (Fsp3) is 0.385. The van der Waals surface area contributed by atoms with Gasteiger partial charge in [0, 0.05) is 32.8 Å². The highest BCUT2D eigenvalue weighted by Gasteiger charge is 2.20. The predicted octanol–water partition coefficient (Wildman–Crippen LogP) is 1.32. The Morgan fingerprint density at radius 1 is 1.25 bits per heavy atom. The van der Waals surface area contributed by atoms with Gasteiger partial charge in [-0.25, -0.2) is 0 Å². The summed E-state index contributed by atoms with van der Waals surface area (Å²) in [5.41, 5.74) is 0.384. The number of anilines is 1. The number of hydrogen-bond donors (Lipinski definition) is 0. The van der Waals surface area contributed by atoms with Crippen LogP contribution in [-0.2, 0) is 4.79 Å². The van der Waals surface area contributed by atoms with Crippen molar-refractivity contribution in [1.82, 2.24) is 4.90 Å². The third-order valence-corrected chi connectivity index (χ3v) is 2.86. The van der Waals surface area contributed by atoms with Crippen LogP contribution in [-0.4, -0.2) is 49.2 Å². The van der Waals surface area contributed by atoms with E-state index in [1.54, 1.807) is 21.1 Å². The van der Waals surface area contributed by atoms with Crippen molar-refractivity contribution in [3.05, 3.63) is 33.9 Å². The number of carbonyl (C=O) groups excluding carboxylic acids is 2. The molecule has 7 heteroatoms. The molecular formula is C13H17N3O4. The molecule has 0 bridgehead atoms. The summed E-state index contributed by atoms with van der Waals surface area (Å²) in [7, 11) is 4.82. The molecule has 0 aromatic heterocycles. The van der Waals surface area contributed by atoms with Crippen molar-refractivity contribution in [2.24, 2.45) is 0 Å². The first-order valence-corrected chi connectivity index (χ1v) is 5.94. The number of likely N-dealkylation sites (N-methyl/N-ethyl adjacent to an activating group) is 2. The van der Waals surface area contributed by atoms with Crippen LogP contribution in [0.5, 0.6) is 0 Å². The van der Waals surface area contributed by atoms with Gasteiger partial charge in [0.2, 0.25) is 5.91 Å². The largest absolute Gasteiger partial charge is 0.360 e. The summed E-state index contributed by atoms with van der Waals surface area (Å²) < 4.78 is 0. The van der Waals surface area contributed by atoms with Gasteiger partial charge in [0.25, 0.3) is 5.69 Å². The molecule has 0 saturated heterocycles. The van der Waals surface area contributed by atoms with Crippen LogP contribution in [0, 0.1) is 10.1 Å². The van der Waals surface area contributed by atoms with Crippen molar-refractivity contribution in [3.8, 4) is 0 Å². The summed E-state index contributed by atoms with van der Waals surface area (Å²) in [4.78, 5) is 36.3. The van der Waals surface area contributed by atoms with E-state index < -0.39 is 4.92 Å². The molecule has 0 aliphatic heterocycles. The van der Waals surface area contributed by atoms with E-state index in [0.29, 0.717) is 5.69 Å². The van der Waals surface area contributed by atoms with E-state index in [2.05, 4.69) is 0 Å². The fourth-order valence-corrected chi connectivity index (χ4v) is 1.64. The molecule has 1 amide bonds. The van der Waals surface area contributed by atoms with Gasteiger partial charge in [-0.15, -0.1) is 0 Å². The van der Waals surface area contributed by atoms with Crippen LogP contribution in [0.3, 0.4) is 0 Å². The normalized spacial score (nSPS) is 10.0. The number of carbonyl (C=O) groups is 2. The maximum absolute atomic E-state index is 11.6. The molecule has 20 heavy (non-hydrogen) atoms. The van der Waals surface area contributed by atoms with E-state index in [9.17, 15) is 19.7 Å². The summed E-state index contributed by atoms with van der Waals surface area (Å²) in [5.74, 6) is -0.413. The molecule has 0 saturated carbocycles. The van der Waals surface area contributed by atoms with Gasteiger partial charge < -0.3 is 9.80 Å². The first-order chi connectivity index (χ1) is 9.23. The standard InChI is InChI=1S/C13H17N3O4/c1-9(17)10-5-6-11(12(7-10)16(19)20)15(4)8-13(18)14(2)3/h5-7H,8H2,1-4H3. The van der Waals surface area contributed by atoms with E-state index in [4.69, 9.17) is 0 Å². The lowest BCUT2D eigenvalue weighted by atomic mass is 10.1. The monoisotopic (exact) mass is 279 g/mol. The van der Waals surface area contributed by atoms with Gasteiger partial charge in [-0.05, 0) is 19.1 Å². The SMILES string of the molecule is CC(=O)c1ccc(N(C)CC(=O)N(C)C)c([N+](=O)[O-])c1. The third kappa shape index (κ3) is 3.53. The first-order valence-electron chi connectivity index (χ1n) is 5.94. The summed E-state index contributed by atoms with van der Waals surface area (Å²) in [6.45, 7) is 1.37. The average molecular weight is 279 g/mol. The molecule has 108 valence electrons. The van der Waals surface area contributed by atoms with E-state index in [0.717, 1.165) is 0 Å². The maximum atomic E-state index is 11.6. The van der Waals surface area contributed by atoms with Gasteiger partial charge in [-0.3, -0.25) is 19.7 Å². The zero-order valence-corrected chi connectivity index (χ0v) is 11.9. The van der Waals surface area contributed by atoms with Crippen LogP contribution in [0.1, 0.15) is 17.3 Å². The zero-order valence-electron chi connectivity index (χ0n) is 11.9. The van der Waals surface area contributed by atoms with Gasteiger partial charge >= 0.3 is 0 Å². The molecule has 0 spiro atoms. The summed E-state index contributed by atoms with van der Waals surface area (Å²) in [6, 6.07) is 4.23. The second-order valence-electron chi connectivity index (χ2n) is 4.66. The molecule has 7 nitrogen and oxygen atoms in total. The van der Waals surface area contributed by atoms with Crippen LogP contribution in [0.15, 0.2) is 18.2 Å². The van der Waals surface area contributed by atoms with Crippen molar-refractivity contribution in [3.63, 3.8) is 0 Å². The van der Waals surface area contributed by atoms with Crippen molar-refractivity contribution in [2.75, 3.05) is 32.6 Å². The second-order valence-corrected chi connectivity index (χ2v) is 4.66. The van der Waals surface area contributed by atoms with Crippen LogP contribution < -0.4 is 4.90 Å². The minimum atomic E-state index is -0.557. The maximum Gasteiger partial charge on any atom is 0.293 e. The van der Waals surface area contributed by atoms with Crippen LogP contribution in [0.25, 0.3) is 0 Å². The molecule has 0 aliphatic rings. The Labute approximate surface area is 116 Å². The number of Topliss-reactive ketones (excluding diaryl/α,β-unsaturated/α-hetero) is 1. The molecule has 1 rings (SSSR count). The van der Waals surface area contributed by atoms with Gasteiger partial charge in [0.05, 0.1) is 11.5 Å². The fourth-order valence-electron chi connectivity index (χ4n) is 1.64. The van der Waals surface area contributed by atoms with E-state index in [1.165, 1.54) is 34.9 Å². The molecule has 0 unspecified atom stereocenters. The topological polar surface area (TPSA) is 83.8 Å². The Hall–Kier alpha value is -2.44. The molecule has 0 heterocycles. The Kier molecular flexibility index (Phi) is 4.79. The molecule has 1 aromatic carbocycles. The van der Waals surface area contributed by atoms with Crippen molar-refractivity contribution in [2.45, 2.75) is 6.92 Å². The minimum absolute atomic E-state index is 0.0211. The number of hydrogen-bond acceptors (Lipinski definition) is 5. The highest BCUT2D eigenvalue weighted by molar-refractivity contribution is 5.95. The zero-order chi connectivity index (χ0) is 15.4. The third-order valence-electron chi connectivity index (χ3n) is 2.86. The van der Waals surface area contributed by atoms with Gasteiger partial charge in [-0.1, -0.05) is 0 Å². The van der Waals surface area contributed by atoms with Gasteiger partial charge in [0.1, 0.15) is 5.69 Å². The van der Waals surface area contributed by atoms with Crippen molar-refractivity contribution in [1.29, 1.82) is 0 Å². The number of nitrogens with zero attached hydrogens (tertiary/aromatic N) is 3. The first kappa shape index (κ1) is 15.6. The lowest BCUT2D eigenvalue weighted by molar-refractivity contribution is -0.384. The van der Waals surface area contributed by atoms with Crippen LogP contribution >= 0.6 is 0 Å². The van der Waals surface area contributed by atoms with Crippen molar-refractivity contribution >= 4 is 23.1 Å². The second kappa shape index (κ2) is 6.14. The molecule has 0 atom stereocenters. The van der Waals surface area contributed by atoms with E-state index in [-0.39, 0.29) is 29.5 Å². The minimum Gasteiger partial charge on any atom is -0.360 e. The van der Waals surface area contributed by atoms with Crippen LogP contribution in [0.2, 0.25) is 0 Å². The number of rotatable bonds is 5. The number of amides is 1. The Morgan fingerprint density at radius 2 is 1.85 bits per heavy atom. The number of nitro groups is 1. The lowest BCUT2D eigenvalue weighted by Gasteiger charge is -2.21.